The monoisotopic (exact) mass is 289 g/mol. The van der Waals surface area contributed by atoms with Crippen LogP contribution in [-0.2, 0) is 9.53 Å². The van der Waals surface area contributed by atoms with Crippen molar-refractivity contribution in [1.29, 1.82) is 0 Å². The molecule has 2 N–H and O–H groups in total. The van der Waals surface area contributed by atoms with Crippen molar-refractivity contribution < 1.29 is 23.8 Å². The molecule has 1 aromatic carbocycles. The number of benzene rings is 1. The maximum Gasteiger partial charge on any atom is 0.338 e. The summed E-state index contributed by atoms with van der Waals surface area (Å²) in [7, 11) is 0. The average Bonchev–Trinajstić information content (AvgIpc) is 2.99. The Bertz CT molecular complexity index is 621. The quantitative estimate of drug-likeness (QED) is 0.822. The molecule has 6 nitrogen and oxygen atoms in total. The molecule has 6 heteroatoms. The van der Waals surface area contributed by atoms with Crippen LogP contribution in [0.5, 0.6) is 5.75 Å². The van der Waals surface area contributed by atoms with Gasteiger partial charge in [0, 0.05) is 0 Å². The molecule has 0 aliphatic rings. The molecule has 0 saturated carbocycles. The highest BCUT2D eigenvalue weighted by atomic mass is 16.5. The zero-order valence-electron chi connectivity index (χ0n) is 11.4. The van der Waals surface area contributed by atoms with Crippen molar-refractivity contribution >= 4 is 11.9 Å². The Labute approximate surface area is 121 Å². The highest BCUT2D eigenvalue weighted by Gasteiger charge is 2.14. The van der Waals surface area contributed by atoms with E-state index < -0.39 is 18.5 Å². The Morgan fingerprint density at radius 2 is 2.14 bits per heavy atom. The Balaban J connectivity index is 1.82. The molecule has 110 valence electrons. The van der Waals surface area contributed by atoms with Crippen LogP contribution in [0.1, 0.15) is 29.1 Å². The smallest absolute Gasteiger partial charge is 0.338 e. The second kappa shape index (κ2) is 6.60. The van der Waals surface area contributed by atoms with Gasteiger partial charge in [-0.3, -0.25) is 4.79 Å². The van der Waals surface area contributed by atoms with E-state index in [2.05, 4.69) is 5.32 Å². The Hall–Kier alpha value is -2.76. The first-order chi connectivity index (χ1) is 10.1. The fraction of sp³-hybridized carbons (Fsp3) is 0.200. The van der Waals surface area contributed by atoms with Crippen LogP contribution in [0.25, 0.3) is 0 Å². The van der Waals surface area contributed by atoms with Crippen LogP contribution in [0.4, 0.5) is 0 Å². The number of hydrogen-bond acceptors (Lipinski definition) is 5. The lowest BCUT2D eigenvalue weighted by atomic mass is 10.2. The third-order valence-corrected chi connectivity index (χ3v) is 2.76. The predicted molar refractivity (Wildman–Crippen MR) is 73.7 cm³/mol. The third kappa shape index (κ3) is 4.10. The molecule has 2 rings (SSSR count). The zero-order chi connectivity index (χ0) is 15.2. The van der Waals surface area contributed by atoms with E-state index in [0.29, 0.717) is 5.76 Å². The van der Waals surface area contributed by atoms with Crippen LogP contribution in [0, 0.1) is 0 Å². The van der Waals surface area contributed by atoms with E-state index in [-0.39, 0.29) is 17.4 Å². The molecule has 0 bridgehead atoms. The molecule has 0 fully saturated rings. The average molecular weight is 289 g/mol. The fourth-order valence-corrected chi connectivity index (χ4v) is 1.74. The van der Waals surface area contributed by atoms with Crippen LogP contribution in [0.3, 0.4) is 0 Å². The number of carbonyl (C=O) groups excluding carboxylic acids is 2. The number of amides is 1. The number of esters is 1. The summed E-state index contributed by atoms with van der Waals surface area (Å²) in [5.41, 5.74) is 0.182. The largest absolute Gasteiger partial charge is 0.508 e. The molecule has 0 aliphatic heterocycles. The Morgan fingerprint density at radius 1 is 1.33 bits per heavy atom. The molecule has 1 atom stereocenters. The highest BCUT2D eigenvalue weighted by Crippen LogP contribution is 2.13. The number of ether oxygens (including phenoxy) is 1. The topological polar surface area (TPSA) is 88.8 Å². The summed E-state index contributed by atoms with van der Waals surface area (Å²) in [6, 6.07) is 8.87. The van der Waals surface area contributed by atoms with Gasteiger partial charge in [-0.1, -0.05) is 6.07 Å². The minimum absolute atomic E-state index is 0.0413. The van der Waals surface area contributed by atoms with Crippen molar-refractivity contribution in [2.45, 2.75) is 13.0 Å². The summed E-state index contributed by atoms with van der Waals surface area (Å²) in [6.45, 7) is 1.35. The summed E-state index contributed by atoms with van der Waals surface area (Å²) >= 11 is 0. The van der Waals surface area contributed by atoms with Crippen molar-refractivity contribution in [2.75, 3.05) is 6.61 Å². The lowest BCUT2D eigenvalue weighted by Crippen LogP contribution is -2.30. The van der Waals surface area contributed by atoms with Crippen LogP contribution in [0.2, 0.25) is 0 Å². The number of aromatic hydroxyl groups is 1. The van der Waals surface area contributed by atoms with Gasteiger partial charge >= 0.3 is 5.97 Å². The van der Waals surface area contributed by atoms with Crippen LogP contribution >= 0.6 is 0 Å². The molecule has 0 aliphatic carbocycles. The summed E-state index contributed by atoms with van der Waals surface area (Å²) < 4.78 is 10.0. The number of phenols is 1. The van der Waals surface area contributed by atoms with E-state index in [4.69, 9.17) is 9.15 Å². The van der Waals surface area contributed by atoms with Gasteiger partial charge < -0.3 is 19.6 Å². The normalized spacial score (nSPS) is 11.7. The van der Waals surface area contributed by atoms with E-state index in [1.807, 2.05) is 0 Å². The molecular weight excluding hydrogens is 274 g/mol. The molecule has 0 radical (unpaired) electrons. The molecule has 0 spiro atoms. The molecule has 21 heavy (non-hydrogen) atoms. The molecule has 1 aromatic heterocycles. The highest BCUT2D eigenvalue weighted by molar-refractivity contribution is 5.91. The predicted octanol–water partition coefficient (Wildman–Crippen LogP) is 2.02. The SMILES string of the molecule is C[C@@H](NC(=O)COC(=O)c1cccc(O)c1)c1ccco1. The summed E-state index contributed by atoms with van der Waals surface area (Å²) in [5, 5.41) is 11.9. The van der Waals surface area contributed by atoms with Gasteiger partial charge in [0.15, 0.2) is 6.61 Å². The van der Waals surface area contributed by atoms with Gasteiger partial charge in [0.2, 0.25) is 0 Å². The minimum atomic E-state index is -0.674. The first kappa shape index (κ1) is 14.6. The number of furan rings is 1. The van der Waals surface area contributed by atoms with Crippen LogP contribution in [-0.4, -0.2) is 23.6 Å². The van der Waals surface area contributed by atoms with Crippen molar-refractivity contribution in [3.8, 4) is 5.75 Å². The first-order valence-electron chi connectivity index (χ1n) is 6.35. The van der Waals surface area contributed by atoms with Gasteiger partial charge in [0.05, 0.1) is 17.9 Å². The van der Waals surface area contributed by atoms with E-state index in [9.17, 15) is 14.7 Å². The van der Waals surface area contributed by atoms with Crippen LogP contribution in [0.15, 0.2) is 47.1 Å². The lowest BCUT2D eigenvalue weighted by molar-refractivity contribution is -0.125. The Morgan fingerprint density at radius 3 is 2.81 bits per heavy atom. The van der Waals surface area contributed by atoms with E-state index >= 15 is 0 Å². The van der Waals surface area contributed by atoms with Crippen molar-refractivity contribution in [1.82, 2.24) is 5.32 Å². The van der Waals surface area contributed by atoms with E-state index in [0.717, 1.165) is 0 Å². The molecule has 1 amide bonds. The summed E-state index contributed by atoms with van der Waals surface area (Å²) in [6.07, 6.45) is 1.51. The van der Waals surface area contributed by atoms with Crippen molar-refractivity contribution in [3.63, 3.8) is 0 Å². The summed E-state index contributed by atoms with van der Waals surface area (Å²) in [5.74, 6) is -0.540. The van der Waals surface area contributed by atoms with Gasteiger partial charge in [-0.05, 0) is 37.3 Å². The maximum atomic E-state index is 11.7. The van der Waals surface area contributed by atoms with Gasteiger partial charge in [-0.25, -0.2) is 4.79 Å². The molecule has 1 heterocycles. The third-order valence-electron chi connectivity index (χ3n) is 2.76. The first-order valence-corrected chi connectivity index (χ1v) is 6.35. The second-order valence-corrected chi connectivity index (χ2v) is 4.43. The number of phenolic OH excluding ortho intramolecular Hbond substituents is 1. The maximum absolute atomic E-state index is 11.7. The van der Waals surface area contributed by atoms with E-state index in [1.165, 1.54) is 30.5 Å². The fourth-order valence-electron chi connectivity index (χ4n) is 1.74. The molecule has 2 aromatic rings. The van der Waals surface area contributed by atoms with Crippen molar-refractivity contribution in [2.24, 2.45) is 0 Å². The number of nitrogens with one attached hydrogen (secondary N) is 1. The number of carbonyl (C=O) groups is 2. The van der Waals surface area contributed by atoms with Crippen LogP contribution < -0.4 is 5.32 Å². The van der Waals surface area contributed by atoms with Crippen molar-refractivity contribution in [3.05, 3.63) is 54.0 Å². The second-order valence-electron chi connectivity index (χ2n) is 4.43. The van der Waals surface area contributed by atoms with E-state index in [1.54, 1.807) is 19.1 Å². The number of rotatable bonds is 5. The summed E-state index contributed by atoms with van der Waals surface area (Å²) in [4.78, 5) is 23.4. The van der Waals surface area contributed by atoms with Gasteiger partial charge in [-0.2, -0.15) is 0 Å². The van der Waals surface area contributed by atoms with Gasteiger partial charge in [0.1, 0.15) is 11.5 Å². The minimum Gasteiger partial charge on any atom is -0.508 e. The zero-order valence-corrected chi connectivity index (χ0v) is 11.4. The van der Waals surface area contributed by atoms with Gasteiger partial charge in [0.25, 0.3) is 5.91 Å². The molecule has 0 saturated heterocycles. The van der Waals surface area contributed by atoms with Gasteiger partial charge in [-0.15, -0.1) is 0 Å². The lowest BCUT2D eigenvalue weighted by Gasteiger charge is -2.11. The number of hydrogen-bond donors (Lipinski definition) is 2. The molecular formula is C15H15NO5. The standard InChI is InChI=1S/C15H15NO5/c1-10(13-6-3-7-20-13)16-14(18)9-21-15(19)11-4-2-5-12(17)8-11/h2-8,10,17H,9H2,1H3,(H,16,18)/t10-/m1/s1. The molecule has 0 unspecified atom stereocenters. The Kier molecular flexibility index (Phi) is 4.61.